The average Bonchev–Trinajstić information content (AvgIpc) is 3.75. The van der Waals surface area contributed by atoms with Crippen LogP contribution in [0, 0.1) is 35.8 Å². The van der Waals surface area contributed by atoms with Gasteiger partial charge < -0.3 is 4.57 Å². The van der Waals surface area contributed by atoms with Crippen LogP contribution in [-0.4, -0.2) is 14.5 Å². The molecular formula is C62H35N7. The lowest BCUT2D eigenvalue weighted by Crippen LogP contribution is -2.03. The first-order chi connectivity index (χ1) is 34.0. The first kappa shape index (κ1) is 41.5. The molecule has 2 heterocycles. The standard InChI is InChI=1S/C62H35N7/c1-65-51-27-23-43(24-28-51)54-36-50(58-37-57(44-12-5-3-6-13-44)67-62(68-58)45-14-7-4-8-15-45)35-53(42-21-19-40(38-63)20-22-42)61(54)69-59-29-25-48(46-16-9-11-41(31-46)39-64)33-55(59)56-34-49(26-30-60(56)69)47-17-10-18-52(32-47)66-2/h3-37H. The minimum absolute atomic E-state index is 0.527. The summed E-state index contributed by atoms with van der Waals surface area (Å²) in [6.45, 7) is 15.6. The van der Waals surface area contributed by atoms with Crippen molar-refractivity contribution in [3.05, 3.63) is 246 Å². The van der Waals surface area contributed by atoms with E-state index in [1.807, 2.05) is 152 Å². The molecule has 0 bridgehead atoms. The molecule has 69 heavy (non-hydrogen) atoms. The Hall–Kier alpha value is -10.2. The SMILES string of the molecule is [C-]#[N+]c1ccc(-c2cc(-c3cc(-c4ccccc4)nc(-c4ccccc4)n3)cc(-c3ccc(C#N)cc3)c2-n2c3ccc(-c4cccc(C#N)c4)cc3c3cc(-c4cccc([N+]#[C-])c4)ccc32)cc1. The second kappa shape index (κ2) is 17.7. The van der Waals surface area contributed by atoms with Crippen LogP contribution < -0.4 is 0 Å². The van der Waals surface area contributed by atoms with Crippen molar-refractivity contribution in [3.63, 3.8) is 0 Å². The van der Waals surface area contributed by atoms with Crippen LogP contribution in [0.4, 0.5) is 11.4 Å². The summed E-state index contributed by atoms with van der Waals surface area (Å²) in [7, 11) is 0. The molecule has 11 rings (SSSR count). The molecule has 0 saturated heterocycles. The van der Waals surface area contributed by atoms with Gasteiger partial charge in [-0.3, -0.25) is 0 Å². The first-order valence-corrected chi connectivity index (χ1v) is 22.2. The summed E-state index contributed by atoms with van der Waals surface area (Å²) in [6.07, 6.45) is 0. The van der Waals surface area contributed by atoms with E-state index in [4.69, 9.17) is 23.1 Å². The molecule has 0 aliphatic carbocycles. The Labute approximate surface area is 399 Å². The minimum atomic E-state index is 0.527. The highest BCUT2D eigenvalue weighted by molar-refractivity contribution is 6.13. The lowest BCUT2D eigenvalue weighted by atomic mass is 9.91. The van der Waals surface area contributed by atoms with E-state index < -0.39 is 0 Å². The molecule has 0 aliphatic heterocycles. The molecule has 0 atom stereocenters. The van der Waals surface area contributed by atoms with Gasteiger partial charge in [0.15, 0.2) is 17.2 Å². The summed E-state index contributed by atoms with van der Waals surface area (Å²) in [5, 5.41) is 21.8. The van der Waals surface area contributed by atoms with Gasteiger partial charge in [-0.1, -0.05) is 140 Å². The summed E-state index contributed by atoms with van der Waals surface area (Å²) in [5.74, 6) is 0.593. The van der Waals surface area contributed by atoms with E-state index in [0.717, 1.165) is 100 Å². The van der Waals surface area contributed by atoms with Crippen molar-refractivity contribution in [2.75, 3.05) is 0 Å². The van der Waals surface area contributed by atoms with E-state index in [2.05, 4.69) is 87.1 Å². The van der Waals surface area contributed by atoms with Gasteiger partial charge in [-0.05, 0) is 106 Å². The molecule has 7 nitrogen and oxygen atoms in total. The van der Waals surface area contributed by atoms with Gasteiger partial charge in [0.05, 0.1) is 64.5 Å². The molecule has 0 unspecified atom stereocenters. The van der Waals surface area contributed by atoms with Gasteiger partial charge in [0.2, 0.25) is 0 Å². The zero-order valence-electron chi connectivity index (χ0n) is 36.8. The average molecular weight is 878 g/mol. The van der Waals surface area contributed by atoms with Gasteiger partial charge >= 0.3 is 0 Å². The van der Waals surface area contributed by atoms with E-state index in [1.165, 1.54) is 0 Å². The van der Waals surface area contributed by atoms with Crippen LogP contribution >= 0.6 is 0 Å². The predicted octanol–water partition coefficient (Wildman–Crippen LogP) is 16.1. The Balaban J connectivity index is 1.26. The maximum Gasteiger partial charge on any atom is 0.187 e. The normalized spacial score (nSPS) is 10.8. The number of rotatable bonds is 8. The molecule has 0 N–H and O–H groups in total. The van der Waals surface area contributed by atoms with Crippen LogP contribution in [0.3, 0.4) is 0 Å². The Bertz CT molecular complexity index is 3720. The zero-order valence-corrected chi connectivity index (χ0v) is 36.8. The summed E-state index contributed by atoms with van der Waals surface area (Å²) < 4.78 is 2.32. The highest BCUT2D eigenvalue weighted by Gasteiger charge is 2.24. The fourth-order valence-electron chi connectivity index (χ4n) is 9.12. The molecular weight excluding hydrogens is 843 g/mol. The van der Waals surface area contributed by atoms with Crippen LogP contribution in [0.1, 0.15) is 11.1 Å². The fraction of sp³-hybridized carbons (Fsp3) is 0. The summed E-state index contributed by atoms with van der Waals surface area (Å²) >= 11 is 0. The Morgan fingerprint density at radius 3 is 1.45 bits per heavy atom. The van der Waals surface area contributed by atoms with Gasteiger partial charge in [0.1, 0.15) is 0 Å². The van der Waals surface area contributed by atoms with E-state index in [0.29, 0.717) is 28.3 Å². The van der Waals surface area contributed by atoms with Crippen molar-refractivity contribution in [1.82, 2.24) is 14.5 Å². The third-order valence-corrected chi connectivity index (χ3v) is 12.5. The van der Waals surface area contributed by atoms with Crippen molar-refractivity contribution in [1.29, 1.82) is 10.5 Å². The molecule has 2 aromatic heterocycles. The van der Waals surface area contributed by atoms with Crippen LogP contribution in [-0.2, 0) is 0 Å². The quantitative estimate of drug-likeness (QED) is 0.142. The summed E-state index contributed by atoms with van der Waals surface area (Å²) in [6, 6.07) is 74.7. The summed E-state index contributed by atoms with van der Waals surface area (Å²) in [5.41, 5.74) is 16.5. The second-order valence-electron chi connectivity index (χ2n) is 16.6. The predicted molar refractivity (Wildman–Crippen MR) is 276 cm³/mol. The third kappa shape index (κ3) is 7.82. The van der Waals surface area contributed by atoms with Crippen molar-refractivity contribution >= 4 is 33.2 Å². The van der Waals surface area contributed by atoms with Gasteiger partial charge in [-0.15, -0.1) is 0 Å². The van der Waals surface area contributed by atoms with Crippen molar-refractivity contribution in [3.8, 4) is 96.2 Å². The number of fused-ring (bicyclic) bond motifs is 3. The van der Waals surface area contributed by atoms with Crippen molar-refractivity contribution in [2.45, 2.75) is 0 Å². The van der Waals surface area contributed by atoms with Gasteiger partial charge in [0.25, 0.3) is 0 Å². The highest BCUT2D eigenvalue weighted by Crippen LogP contribution is 2.46. The van der Waals surface area contributed by atoms with E-state index >= 15 is 0 Å². The Kier molecular flexibility index (Phi) is 10.6. The molecule has 0 radical (unpaired) electrons. The number of nitriles is 2. The second-order valence-corrected chi connectivity index (χ2v) is 16.6. The number of nitrogens with zero attached hydrogens (tertiary/aromatic N) is 7. The van der Waals surface area contributed by atoms with Crippen molar-refractivity contribution in [2.24, 2.45) is 0 Å². The van der Waals surface area contributed by atoms with Crippen LogP contribution in [0.15, 0.2) is 212 Å². The van der Waals surface area contributed by atoms with Crippen LogP contribution in [0.2, 0.25) is 0 Å². The molecule has 0 spiro atoms. The number of aromatic nitrogens is 3. The van der Waals surface area contributed by atoms with E-state index in [9.17, 15) is 10.5 Å². The molecule has 7 heteroatoms. The lowest BCUT2D eigenvalue weighted by Gasteiger charge is -2.21. The van der Waals surface area contributed by atoms with E-state index in [-0.39, 0.29) is 0 Å². The maximum atomic E-state index is 9.96. The third-order valence-electron chi connectivity index (χ3n) is 12.5. The summed E-state index contributed by atoms with van der Waals surface area (Å²) in [4.78, 5) is 17.8. The van der Waals surface area contributed by atoms with Gasteiger partial charge in [-0.25, -0.2) is 19.7 Å². The molecule has 11 aromatic rings. The fourth-order valence-corrected chi connectivity index (χ4v) is 9.12. The molecule has 318 valence electrons. The lowest BCUT2D eigenvalue weighted by molar-refractivity contribution is 1.17. The smallest absolute Gasteiger partial charge is 0.187 e. The monoisotopic (exact) mass is 877 g/mol. The van der Waals surface area contributed by atoms with Gasteiger partial charge in [0, 0.05) is 38.6 Å². The molecule has 0 amide bonds. The number of hydrogen-bond donors (Lipinski definition) is 0. The number of benzene rings is 9. The highest BCUT2D eigenvalue weighted by atomic mass is 15.0. The van der Waals surface area contributed by atoms with Crippen molar-refractivity contribution < 1.29 is 0 Å². The van der Waals surface area contributed by atoms with Crippen LogP contribution in [0.25, 0.3) is 116 Å². The Morgan fingerprint density at radius 2 is 0.870 bits per heavy atom. The molecule has 9 aromatic carbocycles. The minimum Gasteiger partial charge on any atom is -0.308 e. The zero-order chi connectivity index (χ0) is 46.8. The van der Waals surface area contributed by atoms with Crippen LogP contribution in [0.5, 0.6) is 0 Å². The maximum absolute atomic E-state index is 9.96. The van der Waals surface area contributed by atoms with Gasteiger partial charge in [-0.2, -0.15) is 10.5 Å². The molecule has 0 fully saturated rings. The molecule has 0 saturated carbocycles. The topological polar surface area (TPSA) is 87.0 Å². The first-order valence-electron chi connectivity index (χ1n) is 22.2. The largest absolute Gasteiger partial charge is 0.308 e. The number of hydrogen-bond acceptors (Lipinski definition) is 4. The van der Waals surface area contributed by atoms with E-state index in [1.54, 1.807) is 0 Å². The Morgan fingerprint density at radius 1 is 0.377 bits per heavy atom. The molecule has 0 aliphatic rings.